The molecule has 1 amide bonds. The molecule has 0 saturated carbocycles. The minimum Gasteiger partial charge on any atom is -0.479 e. The molecule has 0 radical (unpaired) electrons. The molecule has 0 aliphatic rings. The summed E-state index contributed by atoms with van der Waals surface area (Å²) < 4.78 is 0. The summed E-state index contributed by atoms with van der Waals surface area (Å²) in [4.78, 5) is 24.0. The number of hydrogen-bond acceptors (Lipinski definition) is 2. The summed E-state index contributed by atoms with van der Waals surface area (Å²) in [5.41, 5.74) is -0.288. The molecular formula is C14H19NO3. The average molecular weight is 249 g/mol. The van der Waals surface area contributed by atoms with Gasteiger partial charge in [0.15, 0.2) is 0 Å². The predicted octanol–water partition coefficient (Wildman–Crippen LogP) is 1.94. The van der Waals surface area contributed by atoms with Gasteiger partial charge in [-0.3, -0.25) is 4.79 Å². The van der Waals surface area contributed by atoms with Gasteiger partial charge in [0.25, 0.3) is 0 Å². The molecule has 1 N–H and O–H groups in total. The highest BCUT2D eigenvalue weighted by molar-refractivity contribution is 5.81. The van der Waals surface area contributed by atoms with Crippen LogP contribution in [0.25, 0.3) is 0 Å². The van der Waals surface area contributed by atoms with E-state index in [1.807, 2.05) is 37.3 Å². The van der Waals surface area contributed by atoms with Crippen molar-refractivity contribution in [3.8, 4) is 0 Å². The van der Waals surface area contributed by atoms with E-state index in [2.05, 4.69) is 0 Å². The maximum Gasteiger partial charge on any atom is 0.329 e. The maximum absolute atomic E-state index is 11.5. The number of benzene rings is 1. The number of aliphatic carboxylic acids is 1. The SMILES string of the molecule is CCCN(C=O)C(C)(Cc1ccccc1)C(=O)O. The first-order valence-corrected chi connectivity index (χ1v) is 6.04. The van der Waals surface area contributed by atoms with Crippen molar-refractivity contribution in [2.45, 2.75) is 32.2 Å². The summed E-state index contributed by atoms with van der Waals surface area (Å²) in [5.74, 6) is -0.980. The summed E-state index contributed by atoms with van der Waals surface area (Å²) in [7, 11) is 0. The number of amides is 1. The van der Waals surface area contributed by atoms with Gasteiger partial charge in [-0.15, -0.1) is 0 Å². The lowest BCUT2D eigenvalue weighted by Gasteiger charge is -2.35. The second-order valence-corrected chi connectivity index (χ2v) is 4.54. The summed E-state index contributed by atoms with van der Waals surface area (Å²) in [5, 5.41) is 9.42. The molecule has 4 heteroatoms. The second kappa shape index (κ2) is 6.19. The van der Waals surface area contributed by atoms with Crippen LogP contribution in [0.1, 0.15) is 25.8 Å². The quantitative estimate of drug-likeness (QED) is 0.751. The van der Waals surface area contributed by atoms with Crippen molar-refractivity contribution in [2.24, 2.45) is 0 Å². The Hall–Kier alpha value is -1.84. The minimum atomic E-state index is -1.20. The van der Waals surface area contributed by atoms with Gasteiger partial charge in [0.2, 0.25) is 6.41 Å². The molecule has 0 fully saturated rings. The van der Waals surface area contributed by atoms with Crippen molar-refractivity contribution in [3.63, 3.8) is 0 Å². The molecule has 0 aromatic heterocycles. The smallest absolute Gasteiger partial charge is 0.329 e. The fraction of sp³-hybridized carbons (Fsp3) is 0.429. The van der Waals surface area contributed by atoms with Crippen LogP contribution in [-0.2, 0) is 16.0 Å². The molecule has 1 aromatic carbocycles. The molecule has 0 spiro atoms. The van der Waals surface area contributed by atoms with E-state index in [9.17, 15) is 14.7 Å². The standard InChI is InChI=1S/C14H19NO3/c1-3-9-15(11-16)14(2,13(17)18)10-12-7-5-4-6-8-12/h4-8,11H,3,9-10H2,1-2H3,(H,17,18). The Morgan fingerprint density at radius 3 is 2.44 bits per heavy atom. The molecule has 1 atom stereocenters. The topological polar surface area (TPSA) is 57.6 Å². The zero-order valence-corrected chi connectivity index (χ0v) is 10.8. The molecule has 4 nitrogen and oxygen atoms in total. The van der Waals surface area contributed by atoms with Gasteiger partial charge in [-0.1, -0.05) is 37.3 Å². The number of carboxylic acid groups (broad SMARTS) is 1. The molecule has 1 rings (SSSR count). The maximum atomic E-state index is 11.5. The lowest BCUT2D eigenvalue weighted by molar-refractivity contribution is -0.154. The Morgan fingerprint density at radius 2 is 2.00 bits per heavy atom. The van der Waals surface area contributed by atoms with Crippen LogP contribution in [0.15, 0.2) is 30.3 Å². The zero-order chi connectivity index (χ0) is 13.6. The number of rotatable bonds is 7. The van der Waals surface area contributed by atoms with Gasteiger partial charge in [-0.25, -0.2) is 4.79 Å². The third kappa shape index (κ3) is 3.09. The Labute approximate surface area is 107 Å². The van der Waals surface area contributed by atoms with Crippen LogP contribution < -0.4 is 0 Å². The van der Waals surface area contributed by atoms with E-state index in [-0.39, 0.29) is 0 Å². The second-order valence-electron chi connectivity index (χ2n) is 4.54. The van der Waals surface area contributed by atoms with E-state index in [4.69, 9.17) is 0 Å². The van der Waals surface area contributed by atoms with Crippen molar-refractivity contribution in [2.75, 3.05) is 6.54 Å². The minimum absolute atomic E-state index is 0.307. The molecule has 0 aliphatic heterocycles. The lowest BCUT2D eigenvalue weighted by atomic mass is 9.91. The van der Waals surface area contributed by atoms with E-state index >= 15 is 0 Å². The van der Waals surface area contributed by atoms with E-state index in [1.165, 1.54) is 4.90 Å². The molecular weight excluding hydrogens is 230 g/mol. The van der Waals surface area contributed by atoms with E-state index in [1.54, 1.807) is 6.92 Å². The first kappa shape index (κ1) is 14.2. The Kier molecular flexibility index (Phi) is 4.89. The van der Waals surface area contributed by atoms with Crippen LogP contribution in [0.4, 0.5) is 0 Å². The van der Waals surface area contributed by atoms with Crippen molar-refractivity contribution in [1.29, 1.82) is 0 Å². The van der Waals surface area contributed by atoms with Crippen LogP contribution in [0, 0.1) is 0 Å². The Balaban J connectivity index is 2.99. The molecule has 1 unspecified atom stereocenters. The molecule has 0 saturated heterocycles. The monoisotopic (exact) mass is 249 g/mol. The van der Waals surface area contributed by atoms with E-state index < -0.39 is 11.5 Å². The Morgan fingerprint density at radius 1 is 1.39 bits per heavy atom. The molecule has 18 heavy (non-hydrogen) atoms. The fourth-order valence-corrected chi connectivity index (χ4v) is 1.95. The van der Waals surface area contributed by atoms with Gasteiger partial charge < -0.3 is 10.0 Å². The van der Waals surface area contributed by atoms with Crippen LogP contribution in [-0.4, -0.2) is 34.5 Å². The highest BCUT2D eigenvalue weighted by Crippen LogP contribution is 2.20. The van der Waals surface area contributed by atoms with Crippen molar-refractivity contribution in [3.05, 3.63) is 35.9 Å². The highest BCUT2D eigenvalue weighted by Gasteiger charge is 2.38. The number of nitrogens with zero attached hydrogens (tertiary/aromatic N) is 1. The number of carbonyl (C=O) groups is 2. The van der Waals surface area contributed by atoms with Crippen LogP contribution in [0.3, 0.4) is 0 Å². The molecule has 0 bridgehead atoms. The summed E-state index contributed by atoms with van der Waals surface area (Å²) >= 11 is 0. The van der Waals surface area contributed by atoms with E-state index in [0.717, 1.165) is 12.0 Å². The van der Waals surface area contributed by atoms with Crippen molar-refractivity contribution >= 4 is 12.4 Å². The number of hydrogen-bond donors (Lipinski definition) is 1. The third-order valence-corrected chi connectivity index (χ3v) is 3.08. The van der Waals surface area contributed by atoms with Crippen LogP contribution in [0.5, 0.6) is 0 Å². The van der Waals surface area contributed by atoms with Crippen LogP contribution >= 0.6 is 0 Å². The highest BCUT2D eigenvalue weighted by atomic mass is 16.4. The van der Waals surface area contributed by atoms with Crippen LogP contribution in [0.2, 0.25) is 0 Å². The van der Waals surface area contributed by atoms with Crippen molar-refractivity contribution < 1.29 is 14.7 Å². The third-order valence-electron chi connectivity index (χ3n) is 3.08. The predicted molar refractivity (Wildman–Crippen MR) is 69.2 cm³/mol. The molecule has 98 valence electrons. The molecule has 1 aromatic rings. The number of carboxylic acids is 1. The van der Waals surface area contributed by atoms with E-state index in [0.29, 0.717) is 19.4 Å². The first-order valence-electron chi connectivity index (χ1n) is 6.04. The molecule has 0 heterocycles. The van der Waals surface area contributed by atoms with Crippen molar-refractivity contribution in [1.82, 2.24) is 4.90 Å². The summed E-state index contributed by atoms with van der Waals surface area (Å²) in [6, 6.07) is 9.35. The van der Waals surface area contributed by atoms with Gasteiger partial charge in [0, 0.05) is 13.0 Å². The summed E-state index contributed by atoms with van der Waals surface area (Å²) in [6.07, 6.45) is 1.67. The largest absolute Gasteiger partial charge is 0.479 e. The average Bonchev–Trinajstić information content (AvgIpc) is 2.36. The normalized spacial score (nSPS) is 13.7. The van der Waals surface area contributed by atoms with Gasteiger partial charge in [0.1, 0.15) is 5.54 Å². The van der Waals surface area contributed by atoms with Gasteiger partial charge in [-0.05, 0) is 18.9 Å². The van der Waals surface area contributed by atoms with Gasteiger partial charge in [-0.2, -0.15) is 0 Å². The Bertz CT molecular complexity index is 405. The first-order chi connectivity index (χ1) is 8.54. The van der Waals surface area contributed by atoms with Gasteiger partial charge >= 0.3 is 5.97 Å². The lowest BCUT2D eigenvalue weighted by Crippen LogP contribution is -2.53. The fourth-order valence-electron chi connectivity index (χ4n) is 1.95. The molecule has 0 aliphatic carbocycles. The number of carbonyl (C=O) groups excluding carboxylic acids is 1. The zero-order valence-electron chi connectivity index (χ0n) is 10.8. The van der Waals surface area contributed by atoms with Gasteiger partial charge in [0.05, 0.1) is 0 Å². The summed E-state index contributed by atoms with van der Waals surface area (Å²) in [6.45, 7) is 3.95.